The molecule has 0 aliphatic heterocycles. The predicted octanol–water partition coefficient (Wildman–Crippen LogP) is 3.63. The van der Waals surface area contributed by atoms with Crippen molar-refractivity contribution in [3.63, 3.8) is 0 Å². The molecule has 0 bridgehead atoms. The molecule has 0 spiro atoms. The summed E-state index contributed by atoms with van der Waals surface area (Å²) >= 11 is 0. The Labute approximate surface area is 169 Å². The normalized spacial score (nSPS) is 10.6. The third-order valence-corrected chi connectivity index (χ3v) is 4.77. The van der Waals surface area contributed by atoms with Crippen LogP contribution in [0.15, 0.2) is 54.6 Å². The Hall–Kier alpha value is -3.38. The number of carbonyl (C=O) groups is 2. The van der Waals surface area contributed by atoms with E-state index in [1.165, 1.54) is 0 Å². The number of benzene rings is 2. The van der Waals surface area contributed by atoms with Gasteiger partial charge in [0, 0.05) is 22.6 Å². The molecule has 3 aromatic rings. The van der Waals surface area contributed by atoms with Crippen LogP contribution in [0, 0.1) is 13.8 Å². The lowest BCUT2D eigenvalue weighted by molar-refractivity contribution is 0.0474. The smallest absolute Gasteiger partial charge is 0.338 e. The maximum absolute atomic E-state index is 12.7. The van der Waals surface area contributed by atoms with E-state index in [2.05, 4.69) is 0 Å². The molecule has 6 nitrogen and oxygen atoms in total. The average molecular weight is 393 g/mol. The minimum absolute atomic E-state index is 0.0996. The van der Waals surface area contributed by atoms with Crippen LogP contribution in [0.25, 0.3) is 5.69 Å². The zero-order valence-electron chi connectivity index (χ0n) is 16.6. The lowest BCUT2D eigenvalue weighted by Crippen LogP contribution is -2.15. The highest BCUT2D eigenvalue weighted by Crippen LogP contribution is 2.23. The summed E-state index contributed by atoms with van der Waals surface area (Å²) in [6.07, 6.45) is 0. The first-order valence-corrected chi connectivity index (χ1v) is 9.18. The van der Waals surface area contributed by atoms with Gasteiger partial charge in [-0.3, -0.25) is 4.79 Å². The van der Waals surface area contributed by atoms with Crippen molar-refractivity contribution in [2.75, 3.05) is 13.7 Å². The van der Waals surface area contributed by atoms with Crippen molar-refractivity contribution in [1.82, 2.24) is 4.57 Å². The number of methoxy groups -OCH3 is 1. The van der Waals surface area contributed by atoms with Crippen molar-refractivity contribution in [3.05, 3.63) is 82.7 Å². The predicted molar refractivity (Wildman–Crippen MR) is 109 cm³/mol. The molecule has 3 rings (SSSR count). The quantitative estimate of drug-likeness (QED) is 0.490. The van der Waals surface area contributed by atoms with Crippen LogP contribution in [0.4, 0.5) is 0 Å². The largest absolute Gasteiger partial charge is 0.497 e. The van der Waals surface area contributed by atoms with E-state index in [0.717, 1.165) is 22.8 Å². The first-order chi connectivity index (χ1) is 13.9. The van der Waals surface area contributed by atoms with E-state index in [-0.39, 0.29) is 19.0 Å². The molecule has 0 saturated carbocycles. The molecule has 6 heteroatoms. The summed E-state index contributed by atoms with van der Waals surface area (Å²) in [5.74, 6) is -0.0866. The molecular weight excluding hydrogens is 370 g/mol. The molecule has 29 heavy (non-hydrogen) atoms. The summed E-state index contributed by atoms with van der Waals surface area (Å²) in [6.45, 7) is 3.34. The molecule has 0 aliphatic carbocycles. The fourth-order valence-corrected chi connectivity index (χ4v) is 3.21. The number of Topliss-reactive ketones (excluding diaryl/α,β-unsaturated/α-hetero) is 1. The Kier molecular flexibility index (Phi) is 6.14. The van der Waals surface area contributed by atoms with Gasteiger partial charge in [0.1, 0.15) is 5.75 Å². The van der Waals surface area contributed by atoms with Crippen molar-refractivity contribution in [3.8, 4) is 11.4 Å². The van der Waals surface area contributed by atoms with Gasteiger partial charge in [0.15, 0.2) is 6.61 Å². The number of aliphatic hydroxyl groups is 1. The van der Waals surface area contributed by atoms with Gasteiger partial charge in [-0.1, -0.05) is 12.1 Å². The number of aromatic nitrogens is 1. The number of esters is 1. The molecule has 1 heterocycles. The summed E-state index contributed by atoms with van der Waals surface area (Å²) in [5, 5.41) is 9.06. The lowest BCUT2D eigenvalue weighted by Gasteiger charge is -2.11. The third kappa shape index (κ3) is 4.38. The van der Waals surface area contributed by atoms with Gasteiger partial charge in [0.05, 0.1) is 19.3 Å². The summed E-state index contributed by atoms with van der Waals surface area (Å²) < 4.78 is 12.3. The third-order valence-electron chi connectivity index (χ3n) is 4.77. The van der Waals surface area contributed by atoms with Crippen molar-refractivity contribution in [2.45, 2.75) is 20.5 Å². The minimum Gasteiger partial charge on any atom is -0.497 e. The van der Waals surface area contributed by atoms with Gasteiger partial charge in [-0.2, -0.15) is 0 Å². The van der Waals surface area contributed by atoms with E-state index in [1.807, 2.05) is 42.7 Å². The van der Waals surface area contributed by atoms with Crippen LogP contribution in [0.5, 0.6) is 5.75 Å². The van der Waals surface area contributed by atoms with Crippen LogP contribution in [-0.4, -0.2) is 35.1 Å². The number of hydrogen-bond acceptors (Lipinski definition) is 5. The van der Waals surface area contributed by atoms with Gasteiger partial charge in [-0.25, -0.2) is 4.79 Å². The Morgan fingerprint density at radius 2 is 1.66 bits per heavy atom. The molecule has 0 fully saturated rings. The number of aryl methyl sites for hydroxylation is 1. The average Bonchev–Trinajstić information content (AvgIpc) is 3.05. The summed E-state index contributed by atoms with van der Waals surface area (Å²) in [6, 6.07) is 15.8. The number of carbonyl (C=O) groups excluding carboxylic acids is 2. The molecule has 1 aromatic heterocycles. The molecule has 0 aliphatic rings. The van der Waals surface area contributed by atoms with Gasteiger partial charge in [0.2, 0.25) is 5.78 Å². The van der Waals surface area contributed by atoms with Crippen LogP contribution < -0.4 is 4.74 Å². The molecule has 0 amide bonds. The summed E-state index contributed by atoms with van der Waals surface area (Å²) in [7, 11) is 1.61. The van der Waals surface area contributed by atoms with E-state index >= 15 is 0 Å². The van der Waals surface area contributed by atoms with Gasteiger partial charge < -0.3 is 19.1 Å². The second kappa shape index (κ2) is 8.75. The molecule has 0 saturated heterocycles. The van der Waals surface area contributed by atoms with Crippen LogP contribution in [0.1, 0.15) is 37.7 Å². The van der Waals surface area contributed by atoms with Gasteiger partial charge >= 0.3 is 5.97 Å². The van der Waals surface area contributed by atoms with E-state index in [0.29, 0.717) is 16.7 Å². The van der Waals surface area contributed by atoms with Gasteiger partial charge in [0.25, 0.3) is 0 Å². The molecule has 1 N–H and O–H groups in total. The Bertz CT molecular complexity index is 1020. The molecular formula is C23H23NO5. The van der Waals surface area contributed by atoms with E-state index in [4.69, 9.17) is 14.6 Å². The molecule has 0 unspecified atom stereocenters. The maximum Gasteiger partial charge on any atom is 0.338 e. The van der Waals surface area contributed by atoms with Crippen molar-refractivity contribution in [2.24, 2.45) is 0 Å². The number of nitrogens with zero attached hydrogens (tertiary/aromatic N) is 1. The van der Waals surface area contributed by atoms with Crippen LogP contribution in [0.3, 0.4) is 0 Å². The van der Waals surface area contributed by atoms with Gasteiger partial charge in [-0.15, -0.1) is 0 Å². The zero-order chi connectivity index (χ0) is 21.0. The number of ether oxygens (including phenoxy) is 2. The van der Waals surface area contributed by atoms with Crippen LogP contribution in [-0.2, 0) is 11.3 Å². The highest BCUT2D eigenvalue weighted by molar-refractivity contribution is 6.00. The van der Waals surface area contributed by atoms with Gasteiger partial charge in [-0.05, 0) is 61.9 Å². The monoisotopic (exact) mass is 393 g/mol. The summed E-state index contributed by atoms with van der Waals surface area (Å²) in [5.41, 5.74) is 4.15. The molecule has 150 valence electrons. The second-order valence-electron chi connectivity index (χ2n) is 6.67. The SMILES string of the molecule is COc1ccc(-n2c(C)cc(C(=O)COC(=O)c3ccc(CO)cc3)c2C)cc1. The van der Waals surface area contributed by atoms with Crippen molar-refractivity contribution < 1.29 is 24.2 Å². The Morgan fingerprint density at radius 3 is 2.24 bits per heavy atom. The molecule has 2 aromatic carbocycles. The highest BCUT2D eigenvalue weighted by atomic mass is 16.5. The number of ketones is 1. The first-order valence-electron chi connectivity index (χ1n) is 9.18. The molecule has 0 radical (unpaired) electrons. The van der Waals surface area contributed by atoms with Crippen LogP contribution in [0.2, 0.25) is 0 Å². The van der Waals surface area contributed by atoms with Crippen LogP contribution >= 0.6 is 0 Å². The minimum atomic E-state index is -0.577. The van der Waals surface area contributed by atoms with Crippen molar-refractivity contribution >= 4 is 11.8 Å². The standard InChI is InChI=1S/C23H23NO5/c1-15-12-21(16(2)24(15)19-8-10-20(28-3)11-9-19)22(26)14-29-23(27)18-6-4-17(13-25)5-7-18/h4-12,25H,13-14H2,1-3H3. The maximum atomic E-state index is 12.7. The fraction of sp³-hybridized carbons (Fsp3) is 0.217. The fourth-order valence-electron chi connectivity index (χ4n) is 3.21. The zero-order valence-corrected chi connectivity index (χ0v) is 16.6. The first kappa shape index (κ1) is 20.4. The van der Waals surface area contributed by atoms with E-state index < -0.39 is 5.97 Å². The van der Waals surface area contributed by atoms with E-state index in [9.17, 15) is 9.59 Å². The summed E-state index contributed by atoms with van der Waals surface area (Å²) in [4.78, 5) is 24.8. The molecule has 0 atom stereocenters. The number of rotatable bonds is 7. The number of aliphatic hydroxyl groups excluding tert-OH is 1. The van der Waals surface area contributed by atoms with E-state index in [1.54, 1.807) is 37.4 Å². The topological polar surface area (TPSA) is 77.8 Å². The second-order valence-corrected chi connectivity index (χ2v) is 6.67. The Balaban J connectivity index is 1.73. The van der Waals surface area contributed by atoms with Crippen molar-refractivity contribution in [1.29, 1.82) is 0 Å². The number of hydrogen-bond donors (Lipinski definition) is 1. The highest BCUT2D eigenvalue weighted by Gasteiger charge is 2.18. The lowest BCUT2D eigenvalue weighted by atomic mass is 10.1. The Morgan fingerprint density at radius 1 is 1.00 bits per heavy atom.